The van der Waals surface area contributed by atoms with E-state index in [1.807, 2.05) is 54.6 Å². The van der Waals surface area contributed by atoms with Gasteiger partial charge in [-0.15, -0.1) is 0 Å². The molecule has 2 saturated heterocycles. The second-order valence-corrected chi connectivity index (χ2v) is 9.93. The largest absolute Gasteiger partial charge is 0.449 e. The molecule has 1 N–H and O–H groups in total. The number of rotatable bonds is 5. The number of hydrogen-bond donors (Lipinski definition) is 1. The van der Waals surface area contributed by atoms with Gasteiger partial charge in [-0.2, -0.15) is 0 Å². The molecule has 2 fully saturated rings. The zero-order valence-electron chi connectivity index (χ0n) is 20.5. The Morgan fingerprint density at radius 3 is 2.05 bits per heavy atom. The first-order chi connectivity index (χ1) is 18.2. The summed E-state index contributed by atoms with van der Waals surface area (Å²) in [7, 11) is 0. The molecule has 2 aliphatic heterocycles. The second-order valence-electron chi connectivity index (χ2n) is 9.93. The van der Waals surface area contributed by atoms with E-state index in [4.69, 9.17) is 14.2 Å². The van der Waals surface area contributed by atoms with Gasteiger partial charge in [0.15, 0.2) is 0 Å². The van der Waals surface area contributed by atoms with E-state index in [1.165, 1.54) is 22.3 Å². The molecule has 2 amide bonds. The summed E-state index contributed by atoms with van der Waals surface area (Å²) in [6.07, 6.45) is 0.440. The van der Waals surface area contributed by atoms with Crippen LogP contribution in [-0.2, 0) is 20.8 Å². The third-order valence-corrected chi connectivity index (χ3v) is 7.60. The molecule has 3 aromatic carbocycles. The number of nitrogens with zero attached hydrogens (tertiary/aromatic N) is 1. The van der Waals surface area contributed by atoms with Crippen LogP contribution >= 0.6 is 0 Å². The van der Waals surface area contributed by atoms with Crippen LogP contribution < -0.4 is 5.32 Å². The highest BCUT2D eigenvalue weighted by Gasteiger charge is 2.43. The summed E-state index contributed by atoms with van der Waals surface area (Å²) in [4.78, 5) is 27.5. The van der Waals surface area contributed by atoms with E-state index in [-0.39, 0.29) is 43.4 Å². The maximum absolute atomic E-state index is 12.9. The normalized spacial score (nSPS) is 22.1. The van der Waals surface area contributed by atoms with E-state index in [1.54, 1.807) is 4.90 Å². The number of alkyl carbamates (subject to hydrolysis) is 1. The van der Waals surface area contributed by atoms with Crippen molar-refractivity contribution in [2.45, 2.75) is 43.5 Å². The first-order valence-electron chi connectivity index (χ1n) is 12.9. The average molecular weight is 499 g/mol. The molecule has 2 unspecified atom stereocenters. The highest BCUT2D eigenvalue weighted by atomic mass is 16.6. The predicted molar refractivity (Wildman–Crippen MR) is 138 cm³/mol. The zero-order valence-corrected chi connectivity index (χ0v) is 20.5. The van der Waals surface area contributed by atoms with Crippen LogP contribution in [0.25, 0.3) is 11.1 Å². The topological polar surface area (TPSA) is 77.1 Å². The molecule has 37 heavy (non-hydrogen) atoms. The molecule has 3 aromatic rings. The van der Waals surface area contributed by atoms with E-state index < -0.39 is 6.09 Å². The van der Waals surface area contributed by atoms with Crippen molar-refractivity contribution in [1.82, 2.24) is 10.2 Å². The number of hydrogen-bond acceptors (Lipinski definition) is 5. The molecule has 7 heteroatoms. The number of morpholine rings is 1. The fourth-order valence-corrected chi connectivity index (χ4v) is 5.93. The smallest absolute Gasteiger partial charge is 0.410 e. The number of fused-ring (bicyclic) bond motifs is 5. The molecule has 2 bridgehead atoms. The van der Waals surface area contributed by atoms with Crippen molar-refractivity contribution in [2.24, 2.45) is 0 Å². The fourth-order valence-electron chi connectivity index (χ4n) is 5.93. The van der Waals surface area contributed by atoms with E-state index >= 15 is 0 Å². The molecule has 0 aromatic heterocycles. The third-order valence-electron chi connectivity index (χ3n) is 7.60. The minimum atomic E-state index is -0.425. The van der Waals surface area contributed by atoms with Crippen LogP contribution in [0, 0.1) is 0 Å². The molecular weight excluding hydrogens is 468 g/mol. The number of amides is 2. The highest BCUT2D eigenvalue weighted by Crippen LogP contribution is 2.44. The van der Waals surface area contributed by atoms with Gasteiger partial charge in [0.05, 0.1) is 25.3 Å². The molecule has 2 atom stereocenters. The van der Waals surface area contributed by atoms with E-state index in [2.05, 4.69) is 29.6 Å². The van der Waals surface area contributed by atoms with Gasteiger partial charge in [-0.25, -0.2) is 9.59 Å². The third kappa shape index (κ3) is 4.79. The number of carbonyl (C=O) groups is 2. The van der Waals surface area contributed by atoms with Crippen molar-refractivity contribution in [1.29, 1.82) is 0 Å². The molecule has 190 valence electrons. The Bertz CT molecular complexity index is 1220. The Hall–Kier alpha value is -3.84. The van der Waals surface area contributed by atoms with Gasteiger partial charge in [0.2, 0.25) is 0 Å². The van der Waals surface area contributed by atoms with E-state index in [9.17, 15) is 9.59 Å². The highest BCUT2D eigenvalue weighted by molar-refractivity contribution is 5.79. The number of nitrogens with one attached hydrogen (secondary N) is 1. The Labute approximate surface area is 216 Å². The maximum Gasteiger partial charge on any atom is 0.410 e. The van der Waals surface area contributed by atoms with Crippen molar-refractivity contribution in [3.05, 3.63) is 95.6 Å². The van der Waals surface area contributed by atoms with Crippen LogP contribution in [0.2, 0.25) is 0 Å². The van der Waals surface area contributed by atoms with Gasteiger partial charge in [0.1, 0.15) is 13.2 Å². The van der Waals surface area contributed by atoms with Gasteiger partial charge in [0.25, 0.3) is 0 Å². The predicted octanol–water partition coefficient (Wildman–Crippen LogP) is 5.09. The quantitative estimate of drug-likeness (QED) is 0.530. The summed E-state index contributed by atoms with van der Waals surface area (Å²) < 4.78 is 17.1. The van der Waals surface area contributed by atoms with Crippen LogP contribution in [0.5, 0.6) is 0 Å². The Kier molecular flexibility index (Phi) is 6.53. The summed E-state index contributed by atoms with van der Waals surface area (Å²) in [5.41, 5.74) is 5.72. The molecule has 3 aliphatic rings. The summed E-state index contributed by atoms with van der Waals surface area (Å²) in [5.74, 6) is 0.0205. The maximum atomic E-state index is 12.9. The molecule has 6 rings (SSSR count). The van der Waals surface area contributed by atoms with Gasteiger partial charge in [-0.3, -0.25) is 4.90 Å². The Balaban J connectivity index is 1.05. The van der Waals surface area contributed by atoms with Gasteiger partial charge < -0.3 is 19.5 Å². The van der Waals surface area contributed by atoms with Crippen LogP contribution in [0.1, 0.15) is 35.4 Å². The monoisotopic (exact) mass is 498 g/mol. The number of piperidine rings is 1. The van der Waals surface area contributed by atoms with Gasteiger partial charge >= 0.3 is 12.2 Å². The van der Waals surface area contributed by atoms with Gasteiger partial charge in [-0.1, -0.05) is 78.9 Å². The number of carbonyl (C=O) groups excluding carboxylic acids is 2. The lowest BCUT2D eigenvalue weighted by Gasteiger charge is -2.47. The van der Waals surface area contributed by atoms with Crippen molar-refractivity contribution < 1.29 is 23.8 Å². The zero-order chi connectivity index (χ0) is 25.2. The first-order valence-corrected chi connectivity index (χ1v) is 12.9. The van der Waals surface area contributed by atoms with E-state index in [0.717, 1.165) is 5.56 Å². The minimum absolute atomic E-state index is 0.0205. The van der Waals surface area contributed by atoms with Crippen molar-refractivity contribution >= 4 is 12.2 Å². The van der Waals surface area contributed by atoms with Gasteiger partial charge in [-0.05, 0) is 40.7 Å². The summed E-state index contributed by atoms with van der Waals surface area (Å²) in [5, 5.41) is 3.04. The lowest BCUT2D eigenvalue weighted by Crippen LogP contribution is -2.62. The molecule has 0 spiro atoms. The molecule has 2 heterocycles. The standard InChI is InChI=1S/C30H30N2O5/c33-29(36-19-28-26-12-6-4-10-24(26)25-11-5-7-13-27(25)28)31-21-14-22-17-35-18-23(15-21)32(22)30(34)37-16-20-8-2-1-3-9-20/h1-13,21-23,28H,14-19H2,(H,31,33). The lowest BCUT2D eigenvalue weighted by molar-refractivity contribution is -0.0729. The van der Waals surface area contributed by atoms with Crippen molar-refractivity contribution in [3.8, 4) is 11.1 Å². The molecular formula is C30H30N2O5. The van der Waals surface area contributed by atoms with Crippen LogP contribution in [0.3, 0.4) is 0 Å². The lowest BCUT2D eigenvalue weighted by atomic mass is 9.90. The first kappa shape index (κ1) is 23.6. The number of ether oxygens (including phenoxy) is 3. The second kappa shape index (κ2) is 10.3. The molecule has 7 nitrogen and oxygen atoms in total. The minimum Gasteiger partial charge on any atom is -0.449 e. The van der Waals surface area contributed by atoms with Crippen LogP contribution in [0.15, 0.2) is 78.9 Å². The van der Waals surface area contributed by atoms with Crippen molar-refractivity contribution in [2.75, 3.05) is 19.8 Å². The molecule has 1 aliphatic carbocycles. The van der Waals surface area contributed by atoms with Crippen molar-refractivity contribution in [3.63, 3.8) is 0 Å². The summed E-state index contributed by atoms with van der Waals surface area (Å²) in [6.45, 7) is 1.37. The summed E-state index contributed by atoms with van der Waals surface area (Å²) in [6, 6.07) is 25.8. The molecule has 0 saturated carbocycles. The average Bonchev–Trinajstić information content (AvgIpc) is 3.24. The Morgan fingerprint density at radius 2 is 1.41 bits per heavy atom. The van der Waals surface area contributed by atoms with E-state index in [0.29, 0.717) is 26.1 Å². The fraction of sp³-hybridized carbons (Fsp3) is 0.333. The van der Waals surface area contributed by atoms with Crippen LogP contribution in [0.4, 0.5) is 9.59 Å². The van der Waals surface area contributed by atoms with Gasteiger partial charge in [0, 0.05) is 12.0 Å². The molecule has 0 radical (unpaired) electrons. The Morgan fingerprint density at radius 1 is 0.811 bits per heavy atom. The number of benzene rings is 3. The summed E-state index contributed by atoms with van der Waals surface area (Å²) >= 11 is 0. The van der Waals surface area contributed by atoms with Crippen LogP contribution in [-0.4, -0.2) is 55.0 Å². The SMILES string of the molecule is O=C(NC1CC2COCC(C1)N2C(=O)OCc1ccccc1)OCC1c2ccccc2-c2ccccc21.